The molecule has 0 radical (unpaired) electrons. The third-order valence-electron chi connectivity index (χ3n) is 5.78. The summed E-state index contributed by atoms with van der Waals surface area (Å²) in [5, 5.41) is 0. The highest BCUT2D eigenvalue weighted by Gasteiger charge is 2.30. The lowest BCUT2D eigenvalue weighted by Gasteiger charge is -2.35. The fourth-order valence-corrected chi connectivity index (χ4v) is 4.67. The van der Waals surface area contributed by atoms with E-state index in [1.165, 1.54) is 53.7 Å². The van der Waals surface area contributed by atoms with Crippen molar-refractivity contribution in [2.24, 2.45) is 0 Å². The number of anilines is 1. The average Bonchev–Trinajstić information content (AvgIpc) is 2.74. The summed E-state index contributed by atoms with van der Waals surface area (Å²) in [6.07, 6.45) is 4.32. The minimum Gasteiger partial charge on any atom is -0.444 e. The number of hydrogen-bond acceptors (Lipinski definition) is 3. The Morgan fingerprint density at radius 2 is 2.00 bits per heavy atom. The van der Waals surface area contributed by atoms with Crippen LogP contribution in [0, 0.1) is 6.92 Å². The van der Waals surface area contributed by atoms with Gasteiger partial charge in [-0.05, 0) is 81.5 Å². The summed E-state index contributed by atoms with van der Waals surface area (Å²) in [6, 6.07) is 2.45. The van der Waals surface area contributed by atoms with Crippen molar-refractivity contribution >= 4 is 11.8 Å². The Bertz CT molecular complexity index is 705. The van der Waals surface area contributed by atoms with Crippen LogP contribution in [0.3, 0.4) is 0 Å². The van der Waals surface area contributed by atoms with Crippen molar-refractivity contribution in [1.29, 1.82) is 0 Å². The molecule has 4 heteroatoms. The van der Waals surface area contributed by atoms with E-state index in [0.29, 0.717) is 5.92 Å². The van der Waals surface area contributed by atoms with Crippen molar-refractivity contribution < 1.29 is 9.53 Å². The SMILES string of the molecule is CCCN1CCCc2cc3c(c(C)c21)CCN(C(=O)OC(C)(C)C)CC3C. The third kappa shape index (κ3) is 4.25. The van der Waals surface area contributed by atoms with E-state index in [2.05, 4.69) is 31.7 Å². The molecule has 2 heterocycles. The highest BCUT2D eigenvalue weighted by Crippen LogP contribution is 2.39. The van der Waals surface area contributed by atoms with Crippen LogP contribution in [0.2, 0.25) is 0 Å². The van der Waals surface area contributed by atoms with Gasteiger partial charge in [0, 0.05) is 31.9 Å². The number of fused-ring (bicyclic) bond motifs is 2. The zero-order chi connectivity index (χ0) is 19.8. The summed E-state index contributed by atoms with van der Waals surface area (Å²) in [5.74, 6) is 0.334. The largest absolute Gasteiger partial charge is 0.444 e. The molecule has 1 aromatic rings. The van der Waals surface area contributed by atoms with E-state index in [-0.39, 0.29) is 6.09 Å². The predicted octanol–water partition coefficient (Wildman–Crippen LogP) is 5.05. The maximum absolute atomic E-state index is 12.6. The molecule has 4 nitrogen and oxygen atoms in total. The number of benzene rings is 1. The number of hydrogen-bond donors (Lipinski definition) is 0. The zero-order valence-electron chi connectivity index (χ0n) is 18.0. The van der Waals surface area contributed by atoms with Gasteiger partial charge in [0.25, 0.3) is 0 Å². The first kappa shape index (κ1) is 20.0. The number of carbonyl (C=O) groups excluding carboxylic acids is 1. The van der Waals surface area contributed by atoms with Gasteiger partial charge in [-0.1, -0.05) is 19.9 Å². The number of aryl methyl sites for hydroxylation is 1. The minimum atomic E-state index is -0.449. The Morgan fingerprint density at radius 3 is 2.67 bits per heavy atom. The van der Waals surface area contributed by atoms with Crippen LogP contribution in [0.1, 0.15) is 75.6 Å². The minimum absolute atomic E-state index is 0.183. The molecule has 1 aromatic carbocycles. The van der Waals surface area contributed by atoms with Crippen LogP contribution in [0.4, 0.5) is 10.5 Å². The van der Waals surface area contributed by atoms with E-state index in [4.69, 9.17) is 4.74 Å². The van der Waals surface area contributed by atoms with Gasteiger partial charge in [-0.3, -0.25) is 0 Å². The van der Waals surface area contributed by atoms with Crippen LogP contribution < -0.4 is 4.90 Å². The van der Waals surface area contributed by atoms with Gasteiger partial charge >= 0.3 is 6.09 Å². The number of nitrogens with zero attached hydrogens (tertiary/aromatic N) is 2. The lowest BCUT2D eigenvalue weighted by atomic mass is 9.85. The van der Waals surface area contributed by atoms with E-state index in [1.54, 1.807) is 0 Å². The van der Waals surface area contributed by atoms with E-state index in [0.717, 1.165) is 26.1 Å². The Labute approximate surface area is 164 Å². The summed E-state index contributed by atoms with van der Waals surface area (Å²) in [6.45, 7) is 16.4. The molecule has 0 saturated carbocycles. The molecule has 0 saturated heterocycles. The van der Waals surface area contributed by atoms with E-state index < -0.39 is 5.60 Å². The molecular weight excluding hydrogens is 336 g/mol. The molecule has 0 aliphatic carbocycles. The van der Waals surface area contributed by atoms with Crippen LogP contribution in [0.5, 0.6) is 0 Å². The number of amides is 1. The molecule has 1 unspecified atom stereocenters. The van der Waals surface area contributed by atoms with Crippen LogP contribution >= 0.6 is 0 Å². The standard InChI is InChI=1S/C23H36N2O2/c1-7-11-24-12-8-9-18-14-20-16(2)15-25(22(26)27-23(4,5)6)13-10-19(20)17(3)21(18)24/h14,16H,7-13,15H2,1-6H3. The Kier molecular flexibility index (Phi) is 5.73. The molecule has 0 bridgehead atoms. The van der Waals surface area contributed by atoms with Crippen LogP contribution in [0.15, 0.2) is 6.07 Å². The molecule has 1 amide bonds. The summed E-state index contributed by atoms with van der Waals surface area (Å²) in [5.41, 5.74) is 6.86. The first-order chi connectivity index (χ1) is 12.7. The monoisotopic (exact) mass is 372 g/mol. The predicted molar refractivity (Wildman–Crippen MR) is 112 cm³/mol. The first-order valence-corrected chi connectivity index (χ1v) is 10.6. The van der Waals surface area contributed by atoms with Gasteiger partial charge < -0.3 is 14.5 Å². The van der Waals surface area contributed by atoms with Crippen molar-refractivity contribution in [1.82, 2.24) is 4.90 Å². The molecule has 0 fully saturated rings. The number of rotatable bonds is 2. The topological polar surface area (TPSA) is 32.8 Å². The normalized spacial score (nSPS) is 20.0. The van der Waals surface area contributed by atoms with Crippen LogP contribution in [0.25, 0.3) is 0 Å². The fourth-order valence-electron chi connectivity index (χ4n) is 4.67. The zero-order valence-corrected chi connectivity index (χ0v) is 18.0. The Morgan fingerprint density at radius 1 is 1.26 bits per heavy atom. The van der Waals surface area contributed by atoms with Crippen molar-refractivity contribution in [3.63, 3.8) is 0 Å². The molecule has 0 N–H and O–H groups in total. The molecule has 27 heavy (non-hydrogen) atoms. The molecule has 150 valence electrons. The molecule has 2 aliphatic rings. The van der Waals surface area contributed by atoms with Gasteiger partial charge in [-0.15, -0.1) is 0 Å². The Hall–Kier alpha value is -1.71. The van der Waals surface area contributed by atoms with E-state index in [9.17, 15) is 4.79 Å². The molecule has 0 spiro atoms. The highest BCUT2D eigenvalue weighted by molar-refractivity contribution is 5.70. The average molecular weight is 373 g/mol. The smallest absolute Gasteiger partial charge is 0.410 e. The summed E-state index contributed by atoms with van der Waals surface area (Å²) in [4.78, 5) is 17.1. The second-order valence-corrected chi connectivity index (χ2v) is 9.25. The highest BCUT2D eigenvalue weighted by atomic mass is 16.6. The van der Waals surface area contributed by atoms with Crippen molar-refractivity contribution in [3.8, 4) is 0 Å². The van der Waals surface area contributed by atoms with Gasteiger partial charge in [-0.2, -0.15) is 0 Å². The molecule has 1 atom stereocenters. The molecule has 3 rings (SSSR count). The van der Waals surface area contributed by atoms with E-state index >= 15 is 0 Å². The second-order valence-electron chi connectivity index (χ2n) is 9.25. The quantitative estimate of drug-likeness (QED) is 0.728. The van der Waals surface area contributed by atoms with Crippen LogP contribution in [-0.2, 0) is 17.6 Å². The van der Waals surface area contributed by atoms with Crippen molar-refractivity contribution in [3.05, 3.63) is 28.3 Å². The van der Waals surface area contributed by atoms with Gasteiger partial charge in [-0.25, -0.2) is 4.79 Å². The van der Waals surface area contributed by atoms with Gasteiger partial charge in [0.15, 0.2) is 0 Å². The molecule has 0 aromatic heterocycles. The summed E-state index contributed by atoms with van der Waals surface area (Å²) >= 11 is 0. The lowest BCUT2D eigenvalue weighted by molar-refractivity contribution is 0.0248. The summed E-state index contributed by atoms with van der Waals surface area (Å²) in [7, 11) is 0. The molecular formula is C23H36N2O2. The van der Waals surface area contributed by atoms with Crippen molar-refractivity contribution in [2.75, 3.05) is 31.1 Å². The molecule has 2 aliphatic heterocycles. The lowest BCUT2D eigenvalue weighted by Crippen LogP contribution is -2.38. The van der Waals surface area contributed by atoms with Crippen LogP contribution in [-0.4, -0.2) is 42.8 Å². The van der Waals surface area contributed by atoms with Gasteiger partial charge in [0.2, 0.25) is 0 Å². The number of ether oxygens (including phenoxy) is 1. The second kappa shape index (κ2) is 7.73. The number of carbonyl (C=O) groups is 1. The van der Waals surface area contributed by atoms with E-state index in [1.807, 2.05) is 25.7 Å². The fraction of sp³-hybridized carbons (Fsp3) is 0.696. The maximum atomic E-state index is 12.6. The summed E-state index contributed by atoms with van der Waals surface area (Å²) < 4.78 is 5.64. The van der Waals surface area contributed by atoms with Crippen molar-refractivity contribution in [2.45, 2.75) is 78.7 Å². The first-order valence-electron chi connectivity index (χ1n) is 10.6. The van der Waals surface area contributed by atoms with Gasteiger partial charge in [0.05, 0.1) is 0 Å². The Balaban J connectivity index is 1.91. The van der Waals surface area contributed by atoms with Gasteiger partial charge in [0.1, 0.15) is 5.60 Å². The maximum Gasteiger partial charge on any atom is 0.410 e. The third-order valence-corrected chi connectivity index (χ3v) is 5.78.